The molecule has 330 valence electrons. The maximum Gasteiger partial charge on any atom is 0.245 e. The van der Waals surface area contributed by atoms with Gasteiger partial charge in [0.25, 0.3) is 0 Å². The fraction of sp³-hybridized carbons (Fsp3) is 0.682. The molecule has 0 aliphatic carbocycles. The number of hydrogen-bond donors (Lipinski definition) is 4. The molecule has 4 aliphatic rings. The Morgan fingerprint density at radius 3 is 2.35 bits per heavy atom. The van der Waals surface area contributed by atoms with Crippen LogP contribution in [-0.2, 0) is 25.7 Å². The molecule has 0 bridgehead atoms. The van der Waals surface area contributed by atoms with Gasteiger partial charge in [0.2, 0.25) is 23.6 Å². The van der Waals surface area contributed by atoms with Gasteiger partial charge in [-0.05, 0) is 82.9 Å². The first-order valence-electron chi connectivity index (χ1n) is 21.9. The zero-order valence-electron chi connectivity index (χ0n) is 36.5. The lowest BCUT2D eigenvalue weighted by atomic mass is 9.79. The zero-order chi connectivity index (χ0) is 43.2. The van der Waals surface area contributed by atoms with Crippen molar-refractivity contribution in [2.45, 2.75) is 123 Å². The summed E-state index contributed by atoms with van der Waals surface area (Å²) in [5.41, 5.74) is -1.21. The van der Waals surface area contributed by atoms with E-state index in [1.54, 1.807) is 11.9 Å². The predicted octanol–water partition coefficient (Wildman–Crippen LogP) is 4.59. The van der Waals surface area contributed by atoms with Crippen LogP contribution >= 0.6 is 0 Å². The third-order valence-electron chi connectivity index (χ3n) is 13.2. The molecule has 14 nitrogen and oxygen atoms in total. The first-order valence-corrected chi connectivity index (χ1v) is 21.9. The molecular weight excluding hydrogens is 771 g/mol. The van der Waals surface area contributed by atoms with Crippen LogP contribution in [0.15, 0.2) is 24.5 Å². The highest BCUT2D eigenvalue weighted by molar-refractivity contribution is 5.88. The molecule has 2 aromatic rings. The van der Waals surface area contributed by atoms with E-state index in [2.05, 4.69) is 48.0 Å². The van der Waals surface area contributed by atoms with E-state index < -0.39 is 34.0 Å². The summed E-state index contributed by atoms with van der Waals surface area (Å²) < 4.78 is 31.5. The van der Waals surface area contributed by atoms with Crippen LogP contribution < -0.4 is 31.1 Å². The van der Waals surface area contributed by atoms with Crippen molar-refractivity contribution >= 4 is 41.0 Å². The second-order valence-corrected chi connectivity index (χ2v) is 18.9. The Balaban J connectivity index is 0.920. The largest absolute Gasteiger partial charge is 0.373 e. The van der Waals surface area contributed by atoms with E-state index in [0.717, 1.165) is 38.0 Å². The third-order valence-corrected chi connectivity index (χ3v) is 13.2. The van der Waals surface area contributed by atoms with Crippen LogP contribution in [-0.4, -0.2) is 120 Å². The van der Waals surface area contributed by atoms with Crippen LogP contribution in [0.2, 0.25) is 0 Å². The maximum atomic E-state index is 15.8. The minimum atomic E-state index is -0.573. The van der Waals surface area contributed by atoms with Gasteiger partial charge in [-0.25, -0.2) is 18.7 Å². The van der Waals surface area contributed by atoms with Gasteiger partial charge in [-0.15, -0.1) is 0 Å². The fourth-order valence-electron chi connectivity index (χ4n) is 9.17. The number of aromatic nitrogens is 2. The van der Waals surface area contributed by atoms with Crippen LogP contribution in [0.25, 0.3) is 0 Å². The summed E-state index contributed by atoms with van der Waals surface area (Å²) in [5, 5.41) is 12.3. The topological polar surface area (TPSA) is 155 Å². The van der Waals surface area contributed by atoms with Gasteiger partial charge in [0.1, 0.15) is 35.6 Å². The fourth-order valence-corrected chi connectivity index (χ4v) is 9.17. The number of carbonyl (C=O) groups excluding carboxylic acids is 4. The Morgan fingerprint density at radius 2 is 1.68 bits per heavy atom. The Labute approximate surface area is 354 Å². The molecule has 4 N–H and O–H groups in total. The summed E-state index contributed by atoms with van der Waals surface area (Å²) in [6.45, 7) is 14.1. The Bertz CT molecular complexity index is 1860. The number of nitrogens with one attached hydrogen (secondary N) is 4. The minimum absolute atomic E-state index is 0.00546. The number of anilines is 3. The first-order chi connectivity index (χ1) is 28.5. The quantitative estimate of drug-likeness (QED) is 0.199. The predicted molar refractivity (Wildman–Crippen MR) is 228 cm³/mol. The highest BCUT2D eigenvalue weighted by atomic mass is 19.1. The second kappa shape index (κ2) is 19.0. The summed E-state index contributed by atoms with van der Waals surface area (Å²) in [5.74, 6) is 0.0597. The lowest BCUT2D eigenvalue weighted by molar-refractivity contribution is -0.140. The van der Waals surface area contributed by atoms with E-state index in [9.17, 15) is 19.2 Å². The Hall–Kier alpha value is -4.60. The number of hydrogen-bond acceptors (Lipinski definition) is 10. The molecule has 1 aromatic heterocycles. The lowest BCUT2D eigenvalue weighted by Gasteiger charge is -2.48. The van der Waals surface area contributed by atoms with E-state index in [-0.39, 0.29) is 54.0 Å². The molecule has 2 unspecified atom stereocenters. The molecule has 4 fully saturated rings. The van der Waals surface area contributed by atoms with Gasteiger partial charge in [0.15, 0.2) is 0 Å². The summed E-state index contributed by atoms with van der Waals surface area (Å²) in [6.07, 6.45) is 8.40. The number of halogens is 2. The third kappa shape index (κ3) is 10.8. The number of piperidine rings is 2. The van der Waals surface area contributed by atoms with Crippen molar-refractivity contribution in [3.8, 4) is 0 Å². The molecule has 1 aromatic carbocycles. The molecule has 60 heavy (non-hydrogen) atoms. The van der Waals surface area contributed by atoms with Crippen LogP contribution in [0.4, 0.5) is 26.1 Å². The van der Waals surface area contributed by atoms with E-state index in [1.165, 1.54) is 18.5 Å². The SMILES string of the molecule is CNc1cc(N2CCC3(CC2)CN(c2cc(F)c(CN4CCC(C)(C(=O)NCCCCCC(=O)NC(C(=O)N5CCCC5C)C(C)(C)C)CC4)cc2F)CC(=O)N3)ncn1. The van der Waals surface area contributed by atoms with E-state index in [4.69, 9.17) is 0 Å². The van der Waals surface area contributed by atoms with E-state index >= 15 is 8.78 Å². The van der Waals surface area contributed by atoms with Crippen molar-refractivity contribution in [3.63, 3.8) is 0 Å². The molecule has 5 heterocycles. The number of likely N-dealkylation sites (tertiary alicyclic amines) is 2. The average molecular weight is 837 g/mol. The number of benzene rings is 1. The molecule has 0 radical (unpaired) electrons. The maximum absolute atomic E-state index is 15.8. The summed E-state index contributed by atoms with van der Waals surface area (Å²) in [6, 6.07) is 3.98. The number of nitrogens with zero attached hydrogens (tertiary/aromatic N) is 6. The molecule has 4 amide bonds. The molecule has 1 spiro atoms. The van der Waals surface area contributed by atoms with Crippen molar-refractivity contribution in [3.05, 3.63) is 41.7 Å². The summed E-state index contributed by atoms with van der Waals surface area (Å²) in [7, 11) is 1.80. The molecule has 4 saturated heterocycles. The Morgan fingerprint density at radius 1 is 0.950 bits per heavy atom. The van der Waals surface area contributed by atoms with Gasteiger partial charge >= 0.3 is 0 Å². The van der Waals surface area contributed by atoms with Crippen molar-refractivity contribution in [1.82, 2.24) is 35.7 Å². The minimum Gasteiger partial charge on any atom is -0.373 e. The number of amides is 4. The van der Waals surface area contributed by atoms with Gasteiger partial charge in [-0.3, -0.25) is 24.1 Å². The van der Waals surface area contributed by atoms with Crippen molar-refractivity contribution in [2.24, 2.45) is 10.8 Å². The van der Waals surface area contributed by atoms with Crippen LogP contribution in [0.3, 0.4) is 0 Å². The van der Waals surface area contributed by atoms with Crippen molar-refractivity contribution < 1.29 is 28.0 Å². The Kier molecular flexibility index (Phi) is 14.2. The normalized spacial score (nSPS) is 21.1. The smallest absolute Gasteiger partial charge is 0.245 e. The number of piperazine rings is 1. The summed E-state index contributed by atoms with van der Waals surface area (Å²) in [4.78, 5) is 68.7. The number of rotatable bonds is 14. The zero-order valence-corrected chi connectivity index (χ0v) is 36.5. The molecule has 0 saturated carbocycles. The van der Waals surface area contributed by atoms with E-state index in [0.29, 0.717) is 83.6 Å². The molecular formula is C44H66F2N10O4. The van der Waals surface area contributed by atoms with Gasteiger partial charge in [-0.1, -0.05) is 34.1 Å². The molecule has 2 atom stereocenters. The van der Waals surface area contributed by atoms with Crippen molar-refractivity contribution in [2.75, 3.05) is 74.5 Å². The van der Waals surface area contributed by atoms with Gasteiger partial charge in [-0.2, -0.15) is 0 Å². The second-order valence-electron chi connectivity index (χ2n) is 18.9. The van der Waals surface area contributed by atoms with Gasteiger partial charge in [0.05, 0.1) is 17.8 Å². The standard InChI is InChI=1S/C44H66F2N10O4/c1-30-11-10-18-56(30)40(59)39(42(2,3)4)51-37(57)12-8-7-9-17-48-41(60)43(5)13-19-53(20-14-43)26-31-23-33(46)34(24-32(31)45)55-27-38(58)52-44(28-55)15-21-54(22-16-44)36-25-35(47-6)49-29-50-36/h23-25,29-30,39H,7-22,26-28H2,1-6H3,(H,48,60)(H,51,57)(H,52,58)(H,47,49,50). The summed E-state index contributed by atoms with van der Waals surface area (Å²) >= 11 is 0. The first kappa shape index (κ1) is 44.9. The molecule has 16 heteroatoms. The number of unbranched alkanes of at least 4 members (excludes halogenated alkanes) is 2. The van der Waals surface area contributed by atoms with Crippen LogP contribution in [0.5, 0.6) is 0 Å². The van der Waals surface area contributed by atoms with Crippen molar-refractivity contribution in [1.29, 1.82) is 0 Å². The number of carbonyl (C=O) groups is 4. The molecule has 4 aliphatic heterocycles. The highest BCUT2D eigenvalue weighted by Gasteiger charge is 2.43. The van der Waals surface area contributed by atoms with Crippen LogP contribution in [0, 0.1) is 22.5 Å². The highest BCUT2D eigenvalue weighted by Crippen LogP contribution is 2.35. The van der Waals surface area contributed by atoms with Crippen LogP contribution in [0.1, 0.15) is 104 Å². The average Bonchev–Trinajstić information content (AvgIpc) is 3.65. The molecule has 6 rings (SSSR count). The van der Waals surface area contributed by atoms with E-state index in [1.807, 2.05) is 38.7 Å². The monoisotopic (exact) mass is 837 g/mol. The lowest BCUT2D eigenvalue weighted by Crippen LogP contribution is -2.66. The van der Waals surface area contributed by atoms with Gasteiger partial charge in [0, 0.05) is 81.9 Å². The van der Waals surface area contributed by atoms with Gasteiger partial charge < -0.3 is 36.0 Å².